The lowest BCUT2D eigenvalue weighted by Crippen LogP contribution is -2.51. The lowest BCUT2D eigenvalue weighted by Gasteiger charge is -2.35. The van der Waals surface area contributed by atoms with Crippen molar-refractivity contribution in [2.24, 2.45) is 0 Å². The molecule has 0 N–H and O–H groups in total. The highest BCUT2D eigenvalue weighted by Gasteiger charge is 2.49. The van der Waals surface area contributed by atoms with Gasteiger partial charge in [-0.15, -0.1) is 0 Å². The van der Waals surface area contributed by atoms with Crippen molar-refractivity contribution in [1.29, 1.82) is 5.26 Å². The third kappa shape index (κ3) is 3.12. The molecule has 0 unspecified atom stereocenters. The van der Waals surface area contributed by atoms with Gasteiger partial charge in [0.2, 0.25) is 5.91 Å². The van der Waals surface area contributed by atoms with Crippen LogP contribution in [0.15, 0.2) is 12.1 Å². The van der Waals surface area contributed by atoms with E-state index >= 15 is 0 Å². The van der Waals surface area contributed by atoms with Crippen molar-refractivity contribution in [2.45, 2.75) is 56.3 Å². The Bertz CT molecular complexity index is 811. The van der Waals surface area contributed by atoms with Gasteiger partial charge in [0.15, 0.2) is 6.19 Å². The Morgan fingerprint density at radius 3 is 2.74 bits per heavy atom. The van der Waals surface area contributed by atoms with Crippen molar-refractivity contribution >= 4 is 46.4 Å². The molecule has 3 saturated heterocycles. The number of carbonyl (C=O) groups is 1. The Morgan fingerprint density at radius 2 is 2.04 bits per heavy atom. The normalized spacial score (nSPS) is 29.3. The molecule has 144 valence electrons. The largest absolute Gasteiger partial charge is 0.358 e. The summed E-state index contributed by atoms with van der Waals surface area (Å²) >= 11 is 18.8. The quantitative estimate of drug-likeness (QED) is 0.537. The van der Waals surface area contributed by atoms with Crippen LogP contribution in [0.3, 0.4) is 0 Å². The smallest absolute Gasteiger partial charge is 0.245 e. The summed E-state index contributed by atoms with van der Waals surface area (Å²) in [5.74, 6) is 0.0788. The molecule has 8 heteroatoms. The van der Waals surface area contributed by atoms with Crippen molar-refractivity contribution in [3.63, 3.8) is 0 Å². The summed E-state index contributed by atoms with van der Waals surface area (Å²) in [5, 5.41) is 10.7. The van der Waals surface area contributed by atoms with Crippen molar-refractivity contribution in [3.05, 3.63) is 27.2 Å². The summed E-state index contributed by atoms with van der Waals surface area (Å²) < 4.78 is 0. The first kappa shape index (κ1) is 19.0. The Morgan fingerprint density at radius 1 is 1.26 bits per heavy atom. The second-order valence-corrected chi connectivity index (χ2v) is 8.85. The molecule has 0 radical (unpaired) electrons. The standard InChI is InChI=1S/C19H21Cl3N4O/c1-24(16-9-12-4-5-14(16)26(12)10-23)19(27)15-3-2-6-25(15)17-8-11(20)7-13(21)18(17)22/h7-8,12,14-16H,2-6,9H2,1H3/t12-,14+,15-,16+/m0/s1. The maximum Gasteiger partial charge on any atom is 0.245 e. The predicted molar refractivity (Wildman–Crippen MR) is 107 cm³/mol. The van der Waals surface area contributed by atoms with Crippen LogP contribution in [0.5, 0.6) is 0 Å². The van der Waals surface area contributed by atoms with Crippen LogP contribution in [-0.2, 0) is 4.79 Å². The molecule has 3 aliphatic rings. The van der Waals surface area contributed by atoms with Crippen molar-refractivity contribution in [3.8, 4) is 6.19 Å². The van der Waals surface area contributed by atoms with E-state index in [1.54, 1.807) is 12.1 Å². The van der Waals surface area contributed by atoms with E-state index in [-0.39, 0.29) is 30.1 Å². The SMILES string of the molecule is CN(C(=O)[C@@H]1CCCN1c1cc(Cl)cc(Cl)c1Cl)[C@@H]1C[C@@H]2CC[C@H]1N2C#N. The van der Waals surface area contributed by atoms with E-state index in [1.165, 1.54) is 0 Å². The Labute approximate surface area is 174 Å². The monoisotopic (exact) mass is 426 g/mol. The first-order valence-corrected chi connectivity index (χ1v) is 10.4. The van der Waals surface area contributed by atoms with Crippen LogP contribution >= 0.6 is 34.8 Å². The molecular formula is C19H21Cl3N4O. The summed E-state index contributed by atoms with van der Waals surface area (Å²) in [6, 6.07) is 3.62. The van der Waals surface area contributed by atoms with Crippen LogP contribution in [0, 0.1) is 11.5 Å². The number of nitrogens with zero attached hydrogens (tertiary/aromatic N) is 4. The maximum atomic E-state index is 13.3. The number of hydrogen-bond donors (Lipinski definition) is 0. The minimum atomic E-state index is -0.281. The topological polar surface area (TPSA) is 50.6 Å². The molecule has 1 aromatic rings. The first-order chi connectivity index (χ1) is 12.9. The fourth-order valence-electron chi connectivity index (χ4n) is 4.99. The van der Waals surface area contributed by atoms with E-state index in [9.17, 15) is 10.1 Å². The van der Waals surface area contributed by atoms with Crippen LogP contribution in [0.2, 0.25) is 15.1 Å². The van der Waals surface area contributed by atoms with Gasteiger partial charge in [0.05, 0.1) is 27.8 Å². The molecule has 0 saturated carbocycles. The lowest BCUT2D eigenvalue weighted by molar-refractivity contribution is -0.133. The molecule has 5 nitrogen and oxygen atoms in total. The van der Waals surface area contributed by atoms with Gasteiger partial charge in [-0.3, -0.25) is 4.79 Å². The lowest BCUT2D eigenvalue weighted by atomic mass is 9.94. The molecule has 3 fully saturated rings. The fourth-order valence-corrected chi connectivity index (χ4v) is 5.69. The molecular weight excluding hydrogens is 407 g/mol. The van der Waals surface area contributed by atoms with E-state index < -0.39 is 0 Å². The summed E-state index contributed by atoms with van der Waals surface area (Å²) in [4.78, 5) is 19.1. The average Bonchev–Trinajstić information content (AvgIpc) is 3.36. The zero-order valence-corrected chi connectivity index (χ0v) is 17.3. The second-order valence-electron chi connectivity index (χ2n) is 7.63. The minimum absolute atomic E-state index is 0.0788. The Balaban J connectivity index is 1.56. The number of fused-ring (bicyclic) bond motifs is 2. The van der Waals surface area contributed by atoms with Crippen LogP contribution in [-0.4, -0.2) is 53.5 Å². The molecule has 1 aromatic carbocycles. The molecule has 2 bridgehead atoms. The number of carbonyl (C=O) groups excluding carboxylic acids is 1. The highest BCUT2D eigenvalue weighted by molar-refractivity contribution is 6.45. The van der Waals surface area contributed by atoms with Crippen LogP contribution < -0.4 is 4.90 Å². The van der Waals surface area contributed by atoms with Crippen LogP contribution in [0.1, 0.15) is 32.1 Å². The zero-order valence-electron chi connectivity index (χ0n) is 15.0. The molecule has 4 rings (SSSR count). The van der Waals surface area contributed by atoms with Gasteiger partial charge in [-0.2, -0.15) is 5.26 Å². The van der Waals surface area contributed by atoms with Crippen LogP contribution in [0.4, 0.5) is 5.69 Å². The van der Waals surface area contributed by atoms with Gasteiger partial charge >= 0.3 is 0 Å². The van der Waals surface area contributed by atoms with Gasteiger partial charge in [0, 0.05) is 24.7 Å². The number of hydrogen-bond acceptors (Lipinski definition) is 4. The Hall–Kier alpha value is -1.35. The molecule has 4 atom stereocenters. The van der Waals surface area contributed by atoms with Crippen molar-refractivity contribution in [1.82, 2.24) is 9.80 Å². The van der Waals surface area contributed by atoms with Gasteiger partial charge in [0.1, 0.15) is 6.04 Å². The summed E-state index contributed by atoms with van der Waals surface area (Å²) in [7, 11) is 1.87. The molecule has 1 amide bonds. The summed E-state index contributed by atoms with van der Waals surface area (Å²) in [6.07, 6.45) is 6.88. The number of anilines is 1. The third-order valence-electron chi connectivity index (χ3n) is 6.29. The van der Waals surface area contributed by atoms with Gasteiger partial charge in [-0.25, -0.2) is 0 Å². The number of rotatable bonds is 3. The first-order valence-electron chi connectivity index (χ1n) is 9.28. The van der Waals surface area contributed by atoms with Crippen molar-refractivity contribution < 1.29 is 4.79 Å². The molecule has 0 aromatic heterocycles. The van der Waals surface area contributed by atoms with E-state index in [4.69, 9.17) is 34.8 Å². The van der Waals surface area contributed by atoms with E-state index in [0.29, 0.717) is 20.8 Å². The highest BCUT2D eigenvalue weighted by Crippen LogP contribution is 2.41. The van der Waals surface area contributed by atoms with E-state index in [2.05, 4.69) is 6.19 Å². The minimum Gasteiger partial charge on any atom is -0.358 e. The van der Waals surface area contributed by atoms with Crippen LogP contribution in [0.25, 0.3) is 0 Å². The Kier molecular flexibility index (Phi) is 5.09. The zero-order chi connectivity index (χ0) is 19.3. The second kappa shape index (κ2) is 7.24. The number of benzene rings is 1. The van der Waals surface area contributed by atoms with Crippen molar-refractivity contribution in [2.75, 3.05) is 18.5 Å². The molecule has 0 aliphatic carbocycles. The maximum absolute atomic E-state index is 13.3. The van der Waals surface area contributed by atoms with Gasteiger partial charge in [0.25, 0.3) is 0 Å². The van der Waals surface area contributed by atoms with E-state index in [0.717, 1.165) is 38.6 Å². The highest BCUT2D eigenvalue weighted by atomic mass is 35.5. The molecule has 3 heterocycles. The third-order valence-corrected chi connectivity index (χ3v) is 7.30. The number of nitriles is 1. The number of likely N-dealkylation sites (N-methyl/N-ethyl adjacent to an activating group) is 1. The number of amides is 1. The molecule has 27 heavy (non-hydrogen) atoms. The summed E-state index contributed by atoms with van der Waals surface area (Å²) in [5.41, 5.74) is 0.713. The number of halogens is 3. The predicted octanol–water partition coefficient (Wildman–Crippen LogP) is 4.16. The average molecular weight is 428 g/mol. The summed E-state index contributed by atoms with van der Waals surface area (Å²) in [6.45, 7) is 0.738. The molecule has 0 spiro atoms. The fraction of sp³-hybridized carbons (Fsp3) is 0.579. The van der Waals surface area contributed by atoms with E-state index in [1.807, 2.05) is 21.7 Å². The van der Waals surface area contributed by atoms with Gasteiger partial charge in [-0.1, -0.05) is 34.8 Å². The van der Waals surface area contributed by atoms with Gasteiger partial charge in [-0.05, 0) is 44.2 Å². The molecule has 3 aliphatic heterocycles. The van der Waals surface area contributed by atoms with Gasteiger partial charge < -0.3 is 14.7 Å².